The van der Waals surface area contributed by atoms with E-state index in [2.05, 4.69) is 0 Å². The highest BCUT2D eigenvalue weighted by Gasteiger charge is 2.20. The van der Waals surface area contributed by atoms with E-state index in [1.165, 1.54) is 19.3 Å². The first-order valence-electron chi connectivity index (χ1n) is 6.44. The van der Waals surface area contributed by atoms with Gasteiger partial charge in [0.1, 0.15) is 0 Å². The molecule has 1 aliphatic rings. The summed E-state index contributed by atoms with van der Waals surface area (Å²) in [5.74, 6) is 2.03. The van der Waals surface area contributed by atoms with Gasteiger partial charge in [-0.15, -0.1) is 0 Å². The van der Waals surface area contributed by atoms with Crippen LogP contribution < -0.4 is 15.2 Å². The molecule has 0 aliphatic heterocycles. The molecule has 0 amide bonds. The number of methoxy groups -OCH3 is 1. The number of ether oxygens (including phenoxy) is 2. The van der Waals surface area contributed by atoms with Gasteiger partial charge in [-0.25, -0.2) is 0 Å². The molecular formula is C14H20ClNO2. The Labute approximate surface area is 113 Å². The normalized spacial score (nSPS) is 15.3. The lowest BCUT2D eigenvalue weighted by atomic mass is 9.86. The highest BCUT2D eigenvalue weighted by atomic mass is 35.5. The van der Waals surface area contributed by atoms with Crippen LogP contribution in [-0.2, 0) is 6.42 Å². The largest absolute Gasteiger partial charge is 0.493 e. The van der Waals surface area contributed by atoms with E-state index in [0.29, 0.717) is 29.0 Å². The first-order valence-corrected chi connectivity index (χ1v) is 6.81. The van der Waals surface area contributed by atoms with E-state index < -0.39 is 0 Å². The highest BCUT2D eigenvalue weighted by Crippen LogP contribution is 2.38. The SMILES string of the molecule is COc1cc(CCN)cc(Cl)c1OCC1CCC1. The maximum Gasteiger partial charge on any atom is 0.179 e. The van der Waals surface area contributed by atoms with Crippen LogP contribution in [0.3, 0.4) is 0 Å². The van der Waals surface area contributed by atoms with Crippen LogP contribution in [0.15, 0.2) is 12.1 Å². The van der Waals surface area contributed by atoms with Gasteiger partial charge in [-0.05, 0) is 49.4 Å². The fraction of sp³-hybridized carbons (Fsp3) is 0.571. The molecule has 0 bridgehead atoms. The van der Waals surface area contributed by atoms with Crippen LogP contribution in [0.1, 0.15) is 24.8 Å². The second kappa shape index (κ2) is 6.30. The van der Waals surface area contributed by atoms with Crippen molar-refractivity contribution in [2.45, 2.75) is 25.7 Å². The second-order valence-corrected chi connectivity index (χ2v) is 5.16. The third-order valence-electron chi connectivity index (χ3n) is 3.41. The molecule has 3 nitrogen and oxygen atoms in total. The topological polar surface area (TPSA) is 44.5 Å². The van der Waals surface area contributed by atoms with E-state index in [0.717, 1.165) is 18.6 Å². The molecule has 0 atom stereocenters. The molecule has 0 unspecified atom stereocenters. The highest BCUT2D eigenvalue weighted by molar-refractivity contribution is 6.32. The summed E-state index contributed by atoms with van der Waals surface area (Å²) >= 11 is 6.25. The first kappa shape index (κ1) is 13.5. The molecule has 1 aromatic rings. The van der Waals surface area contributed by atoms with Gasteiger partial charge in [-0.3, -0.25) is 0 Å². The molecule has 0 saturated heterocycles. The Bertz CT molecular complexity index is 405. The van der Waals surface area contributed by atoms with E-state index in [1.807, 2.05) is 12.1 Å². The zero-order valence-corrected chi connectivity index (χ0v) is 11.5. The van der Waals surface area contributed by atoms with Crippen molar-refractivity contribution in [3.8, 4) is 11.5 Å². The van der Waals surface area contributed by atoms with Crippen LogP contribution in [0.4, 0.5) is 0 Å². The molecule has 0 radical (unpaired) electrons. The third-order valence-corrected chi connectivity index (χ3v) is 3.69. The molecule has 1 aromatic carbocycles. The number of halogens is 1. The van der Waals surface area contributed by atoms with Gasteiger partial charge in [0.2, 0.25) is 0 Å². The number of hydrogen-bond acceptors (Lipinski definition) is 3. The Morgan fingerprint density at radius 1 is 1.39 bits per heavy atom. The molecule has 1 saturated carbocycles. The fourth-order valence-electron chi connectivity index (χ4n) is 2.08. The number of nitrogens with two attached hydrogens (primary N) is 1. The van der Waals surface area contributed by atoms with Gasteiger partial charge in [0.05, 0.1) is 18.7 Å². The summed E-state index contributed by atoms with van der Waals surface area (Å²) in [4.78, 5) is 0. The van der Waals surface area contributed by atoms with Crippen LogP contribution in [0.25, 0.3) is 0 Å². The number of benzene rings is 1. The third kappa shape index (κ3) is 3.09. The molecule has 1 aliphatic carbocycles. The Morgan fingerprint density at radius 2 is 2.17 bits per heavy atom. The van der Waals surface area contributed by atoms with Crippen molar-refractivity contribution in [3.05, 3.63) is 22.7 Å². The van der Waals surface area contributed by atoms with E-state index in [9.17, 15) is 0 Å². The first-order chi connectivity index (χ1) is 8.74. The molecule has 100 valence electrons. The smallest absolute Gasteiger partial charge is 0.179 e. The molecule has 0 aromatic heterocycles. The number of hydrogen-bond donors (Lipinski definition) is 1. The molecule has 18 heavy (non-hydrogen) atoms. The van der Waals surface area contributed by atoms with Crippen molar-refractivity contribution in [1.29, 1.82) is 0 Å². The van der Waals surface area contributed by atoms with Crippen LogP contribution in [0.5, 0.6) is 11.5 Å². The van der Waals surface area contributed by atoms with Crippen LogP contribution in [0, 0.1) is 5.92 Å². The zero-order chi connectivity index (χ0) is 13.0. The summed E-state index contributed by atoms with van der Waals surface area (Å²) in [5.41, 5.74) is 6.63. The summed E-state index contributed by atoms with van der Waals surface area (Å²) in [7, 11) is 1.63. The minimum Gasteiger partial charge on any atom is -0.493 e. The summed E-state index contributed by atoms with van der Waals surface area (Å²) in [6.07, 6.45) is 4.61. The molecule has 0 heterocycles. The summed E-state index contributed by atoms with van der Waals surface area (Å²) in [6, 6.07) is 3.86. The Kier molecular flexibility index (Phi) is 4.72. The van der Waals surface area contributed by atoms with Gasteiger partial charge in [-0.1, -0.05) is 18.0 Å². The van der Waals surface area contributed by atoms with Gasteiger partial charge < -0.3 is 15.2 Å². The molecule has 2 N–H and O–H groups in total. The quantitative estimate of drug-likeness (QED) is 0.863. The van der Waals surface area contributed by atoms with Crippen molar-refractivity contribution in [2.24, 2.45) is 11.7 Å². The Hall–Kier alpha value is -0.930. The van der Waals surface area contributed by atoms with E-state index in [-0.39, 0.29) is 0 Å². The van der Waals surface area contributed by atoms with Gasteiger partial charge >= 0.3 is 0 Å². The van der Waals surface area contributed by atoms with Gasteiger partial charge in [0.15, 0.2) is 11.5 Å². The standard InChI is InChI=1S/C14H20ClNO2/c1-17-13-8-11(5-6-16)7-12(15)14(13)18-9-10-3-2-4-10/h7-8,10H,2-6,9,16H2,1H3. The minimum absolute atomic E-state index is 0.599. The van der Waals surface area contributed by atoms with Crippen molar-refractivity contribution >= 4 is 11.6 Å². The lowest BCUT2D eigenvalue weighted by Gasteiger charge is -2.26. The minimum atomic E-state index is 0.599. The molecule has 0 spiro atoms. The average Bonchev–Trinajstić information content (AvgIpc) is 2.29. The van der Waals surface area contributed by atoms with Crippen molar-refractivity contribution in [3.63, 3.8) is 0 Å². The van der Waals surface area contributed by atoms with E-state index >= 15 is 0 Å². The summed E-state index contributed by atoms with van der Waals surface area (Å²) < 4.78 is 11.2. The van der Waals surface area contributed by atoms with E-state index in [1.54, 1.807) is 7.11 Å². The van der Waals surface area contributed by atoms with E-state index in [4.69, 9.17) is 26.8 Å². The maximum atomic E-state index is 6.25. The molecule has 4 heteroatoms. The van der Waals surface area contributed by atoms with Crippen LogP contribution >= 0.6 is 11.6 Å². The van der Waals surface area contributed by atoms with Crippen molar-refractivity contribution < 1.29 is 9.47 Å². The monoisotopic (exact) mass is 269 g/mol. The fourth-order valence-corrected chi connectivity index (χ4v) is 2.37. The predicted octanol–water partition coefficient (Wildman–Crippen LogP) is 3.03. The van der Waals surface area contributed by atoms with Crippen LogP contribution in [0.2, 0.25) is 5.02 Å². The van der Waals surface area contributed by atoms with Crippen molar-refractivity contribution in [1.82, 2.24) is 0 Å². The summed E-state index contributed by atoms with van der Waals surface area (Å²) in [6.45, 7) is 1.33. The summed E-state index contributed by atoms with van der Waals surface area (Å²) in [5, 5.41) is 0.608. The predicted molar refractivity (Wildman–Crippen MR) is 73.6 cm³/mol. The lowest BCUT2D eigenvalue weighted by Crippen LogP contribution is -2.19. The molecule has 2 rings (SSSR count). The van der Waals surface area contributed by atoms with Crippen molar-refractivity contribution in [2.75, 3.05) is 20.3 Å². The van der Waals surface area contributed by atoms with Gasteiger partial charge in [0, 0.05) is 0 Å². The maximum absolute atomic E-state index is 6.25. The lowest BCUT2D eigenvalue weighted by molar-refractivity contribution is 0.176. The Morgan fingerprint density at radius 3 is 2.72 bits per heavy atom. The average molecular weight is 270 g/mol. The van der Waals surface area contributed by atoms with Crippen LogP contribution in [-0.4, -0.2) is 20.3 Å². The second-order valence-electron chi connectivity index (χ2n) is 4.76. The molecule has 1 fully saturated rings. The zero-order valence-electron chi connectivity index (χ0n) is 10.7. The Balaban J connectivity index is 2.11. The van der Waals surface area contributed by atoms with Gasteiger partial charge in [0.25, 0.3) is 0 Å². The van der Waals surface area contributed by atoms with Gasteiger partial charge in [-0.2, -0.15) is 0 Å². The number of rotatable bonds is 6. The molecular weight excluding hydrogens is 250 g/mol.